The molecule has 0 aromatic heterocycles. The lowest BCUT2D eigenvalue weighted by atomic mass is 9.92. The van der Waals surface area contributed by atoms with Crippen LogP contribution in [0.5, 0.6) is 0 Å². The van der Waals surface area contributed by atoms with Gasteiger partial charge in [0.1, 0.15) is 0 Å². The van der Waals surface area contributed by atoms with E-state index in [-0.39, 0.29) is 11.8 Å². The standard InChI is InChI=1S/C25H23N3O2/c26-22-7-3-4-8-23(22)28-25(30)19-11-9-17(10-12-19)16-27-24(29)21-14-13-18-5-1-2-6-20(18)15-21/h1-12,15H,13-14,16,26H2,(H,27,29)(H,28,30). The zero-order valence-corrected chi connectivity index (χ0v) is 16.5. The topological polar surface area (TPSA) is 84.2 Å². The van der Waals surface area contributed by atoms with Crippen LogP contribution in [0, 0.1) is 0 Å². The van der Waals surface area contributed by atoms with Crippen molar-refractivity contribution in [3.8, 4) is 0 Å². The van der Waals surface area contributed by atoms with E-state index in [9.17, 15) is 9.59 Å². The summed E-state index contributed by atoms with van der Waals surface area (Å²) >= 11 is 0. The molecule has 0 aliphatic heterocycles. The Balaban J connectivity index is 1.35. The van der Waals surface area contributed by atoms with Gasteiger partial charge in [0.05, 0.1) is 11.4 Å². The van der Waals surface area contributed by atoms with E-state index in [1.165, 1.54) is 5.56 Å². The molecule has 5 heteroatoms. The Morgan fingerprint density at radius 3 is 2.37 bits per heavy atom. The van der Waals surface area contributed by atoms with Gasteiger partial charge in [0, 0.05) is 17.7 Å². The molecule has 3 aromatic rings. The summed E-state index contributed by atoms with van der Waals surface area (Å²) in [6, 6.07) is 22.4. The molecule has 5 nitrogen and oxygen atoms in total. The third kappa shape index (κ3) is 4.41. The van der Waals surface area contributed by atoms with E-state index in [0.29, 0.717) is 23.5 Å². The van der Waals surface area contributed by atoms with Gasteiger partial charge in [-0.15, -0.1) is 0 Å². The largest absolute Gasteiger partial charge is 0.397 e. The predicted octanol–water partition coefficient (Wildman–Crippen LogP) is 4.17. The number of nitrogens with two attached hydrogens (primary N) is 1. The molecule has 0 saturated heterocycles. The first-order valence-corrected chi connectivity index (χ1v) is 9.91. The van der Waals surface area contributed by atoms with Crippen molar-refractivity contribution < 1.29 is 9.59 Å². The SMILES string of the molecule is Nc1ccccc1NC(=O)c1ccc(CNC(=O)C2=Cc3ccccc3CC2)cc1. The number of hydrogen-bond donors (Lipinski definition) is 3. The summed E-state index contributed by atoms with van der Waals surface area (Å²) in [4.78, 5) is 24.9. The molecule has 4 rings (SSSR count). The maximum atomic E-state index is 12.5. The highest BCUT2D eigenvalue weighted by Crippen LogP contribution is 2.23. The van der Waals surface area contributed by atoms with Crippen LogP contribution in [-0.2, 0) is 17.8 Å². The average Bonchev–Trinajstić information content (AvgIpc) is 2.79. The lowest BCUT2D eigenvalue weighted by Crippen LogP contribution is -2.25. The summed E-state index contributed by atoms with van der Waals surface area (Å²) in [5.41, 5.74) is 11.6. The number of rotatable bonds is 5. The predicted molar refractivity (Wildman–Crippen MR) is 120 cm³/mol. The zero-order chi connectivity index (χ0) is 20.9. The van der Waals surface area contributed by atoms with Gasteiger partial charge >= 0.3 is 0 Å². The minimum Gasteiger partial charge on any atom is -0.397 e. The van der Waals surface area contributed by atoms with E-state index in [1.807, 2.05) is 48.5 Å². The Morgan fingerprint density at radius 2 is 1.57 bits per heavy atom. The Morgan fingerprint density at radius 1 is 0.833 bits per heavy atom. The quantitative estimate of drug-likeness (QED) is 0.565. The third-order valence-corrected chi connectivity index (χ3v) is 5.22. The maximum absolute atomic E-state index is 12.5. The van der Waals surface area contributed by atoms with Crippen LogP contribution in [0.3, 0.4) is 0 Å². The van der Waals surface area contributed by atoms with Gasteiger partial charge < -0.3 is 16.4 Å². The van der Waals surface area contributed by atoms with Gasteiger partial charge in [-0.05, 0) is 59.9 Å². The van der Waals surface area contributed by atoms with Crippen LogP contribution in [-0.4, -0.2) is 11.8 Å². The number of fused-ring (bicyclic) bond motifs is 1. The highest BCUT2D eigenvalue weighted by Gasteiger charge is 2.15. The number of amides is 2. The van der Waals surface area contributed by atoms with Gasteiger partial charge in [-0.2, -0.15) is 0 Å². The fraction of sp³-hybridized carbons (Fsp3) is 0.120. The van der Waals surface area contributed by atoms with Gasteiger partial charge in [0.2, 0.25) is 5.91 Å². The molecule has 0 fully saturated rings. The van der Waals surface area contributed by atoms with Crippen LogP contribution >= 0.6 is 0 Å². The van der Waals surface area contributed by atoms with Crippen molar-refractivity contribution >= 4 is 29.3 Å². The fourth-order valence-electron chi connectivity index (χ4n) is 3.49. The van der Waals surface area contributed by atoms with Crippen molar-refractivity contribution in [3.63, 3.8) is 0 Å². The molecule has 30 heavy (non-hydrogen) atoms. The van der Waals surface area contributed by atoms with Gasteiger partial charge in [-0.1, -0.05) is 48.5 Å². The molecule has 0 bridgehead atoms. The fourth-order valence-corrected chi connectivity index (χ4v) is 3.49. The Bertz CT molecular complexity index is 1120. The molecule has 3 aromatic carbocycles. The molecule has 0 atom stereocenters. The van der Waals surface area contributed by atoms with Crippen LogP contribution in [0.25, 0.3) is 6.08 Å². The van der Waals surface area contributed by atoms with Crippen molar-refractivity contribution in [2.45, 2.75) is 19.4 Å². The highest BCUT2D eigenvalue weighted by molar-refractivity contribution is 6.05. The first-order chi connectivity index (χ1) is 14.6. The molecular formula is C25H23N3O2. The third-order valence-electron chi connectivity index (χ3n) is 5.22. The van der Waals surface area contributed by atoms with E-state index in [4.69, 9.17) is 5.73 Å². The molecular weight excluding hydrogens is 374 g/mol. The summed E-state index contributed by atoms with van der Waals surface area (Å²) in [5.74, 6) is -0.277. The minimum atomic E-state index is -0.227. The number of anilines is 2. The van der Waals surface area contributed by atoms with E-state index < -0.39 is 0 Å². The molecule has 1 aliphatic carbocycles. The Kier molecular flexibility index (Phi) is 5.61. The van der Waals surface area contributed by atoms with E-state index in [2.05, 4.69) is 16.7 Å². The summed E-state index contributed by atoms with van der Waals surface area (Å²) in [6.07, 6.45) is 3.59. The molecule has 4 N–H and O–H groups in total. The monoisotopic (exact) mass is 397 g/mol. The van der Waals surface area contributed by atoms with Gasteiger partial charge in [0.25, 0.3) is 5.91 Å². The Labute approximate surface area is 175 Å². The number of aryl methyl sites for hydroxylation is 1. The molecule has 0 saturated carbocycles. The van der Waals surface area contributed by atoms with Gasteiger partial charge in [0.15, 0.2) is 0 Å². The molecule has 2 amide bonds. The van der Waals surface area contributed by atoms with Crippen molar-refractivity contribution in [2.24, 2.45) is 0 Å². The molecule has 0 unspecified atom stereocenters. The number of carbonyl (C=O) groups excluding carboxylic acids is 2. The van der Waals surface area contributed by atoms with E-state index >= 15 is 0 Å². The van der Waals surface area contributed by atoms with Gasteiger partial charge in [-0.25, -0.2) is 0 Å². The second kappa shape index (κ2) is 8.66. The van der Waals surface area contributed by atoms with Crippen molar-refractivity contribution in [1.29, 1.82) is 0 Å². The summed E-state index contributed by atoms with van der Waals surface area (Å²) in [5, 5.41) is 5.78. The summed E-state index contributed by atoms with van der Waals surface area (Å²) in [7, 11) is 0. The minimum absolute atomic E-state index is 0.0501. The van der Waals surface area contributed by atoms with E-state index in [0.717, 1.165) is 29.5 Å². The summed E-state index contributed by atoms with van der Waals surface area (Å²) < 4.78 is 0. The van der Waals surface area contributed by atoms with Crippen LogP contribution in [0.1, 0.15) is 33.5 Å². The van der Waals surface area contributed by atoms with Crippen LogP contribution in [0.2, 0.25) is 0 Å². The lowest BCUT2D eigenvalue weighted by Gasteiger charge is -2.16. The van der Waals surface area contributed by atoms with Crippen molar-refractivity contribution in [3.05, 3.63) is 101 Å². The molecule has 0 radical (unpaired) electrons. The first kappa shape index (κ1) is 19.5. The number of carbonyl (C=O) groups is 2. The number of benzene rings is 3. The Hall–Kier alpha value is -3.86. The summed E-state index contributed by atoms with van der Waals surface area (Å²) in [6.45, 7) is 0.408. The zero-order valence-electron chi connectivity index (χ0n) is 16.5. The maximum Gasteiger partial charge on any atom is 0.255 e. The lowest BCUT2D eigenvalue weighted by molar-refractivity contribution is -0.117. The van der Waals surface area contributed by atoms with Crippen molar-refractivity contribution in [1.82, 2.24) is 5.32 Å². The molecule has 150 valence electrons. The normalized spacial score (nSPS) is 12.5. The smallest absolute Gasteiger partial charge is 0.255 e. The number of nitrogen functional groups attached to an aromatic ring is 1. The molecule has 1 aliphatic rings. The van der Waals surface area contributed by atoms with Crippen molar-refractivity contribution in [2.75, 3.05) is 11.1 Å². The second-order valence-electron chi connectivity index (χ2n) is 7.29. The second-order valence-corrected chi connectivity index (χ2v) is 7.29. The number of para-hydroxylation sites is 2. The molecule has 0 spiro atoms. The van der Waals surface area contributed by atoms with Crippen LogP contribution < -0.4 is 16.4 Å². The number of hydrogen-bond acceptors (Lipinski definition) is 3. The van der Waals surface area contributed by atoms with Crippen LogP contribution in [0.4, 0.5) is 11.4 Å². The first-order valence-electron chi connectivity index (χ1n) is 9.91. The van der Waals surface area contributed by atoms with E-state index in [1.54, 1.807) is 24.3 Å². The van der Waals surface area contributed by atoms with Crippen LogP contribution in [0.15, 0.2) is 78.4 Å². The molecule has 0 heterocycles. The highest BCUT2D eigenvalue weighted by atomic mass is 16.2. The number of nitrogens with one attached hydrogen (secondary N) is 2. The average molecular weight is 397 g/mol. The van der Waals surface area contributed by atoms with Gasteiger partial charge in [-0.3, -0.25) is 9.59 Å².